The maximum atomic E-state index is 9.49. The monoisotopic (exact) mass is 179 g/mol. The summed E-state index contributed by atoms with van der Waals surface area (Å²) < 4.78 is 0. The molecule has 0 atom stereocenters. The highest BCUT2D eigenvalue weighted by Crippen LogP contribution is 2.22. The first-order chi connectivity index (χ1) is 6.09. The highest BCUT2D eigenvalue weighted by molar-refractivity contribution is 5.47. The molecular formula is C11H17NO. The number of nitrogens with two attached hydrogens (primary N) is 1. The third-order valence-corrected chi connectivity index (χ3v) is 2.09. The van der Waals surface area contributed by atoms with Crippen molar-refractivity contribution in [1.29, 1.82) is 0 Å². The van der Waals surface area contributed by atoms with Crippen molar-refractivity contribution in [2.75, 3.05) is 5.73 Å². The molecule has 13 heavy (non-hydrogen) atoms. The van der Waals surface area contributed by atoms with Crippen LogP contribution in [0.5, 0.6) is 5.75 Å². The average molecular weight is 179 g/mol. The average Bonchev–Trinajstić information content (AvgIpc) is 2.06. The van der Waals surface area contributed by atoms with Crippen LogP contribution >= 0.6 is 0 Å². The van der Waals surface area contributed by atoms with Gasteiger partial charge in [-0.15, -0.1) is 0 Å². The third kappa shape index (κ3) is 2.98. The standard InChI is InChI=1S/C11H17NO/c1-8(2)3-4-9-7-10(12)5-6-11(9)13/h5-8,13H,3-4,12H2,1-2H3. The fraction of sp³-hybridized carbons (Fsp3) is 0.455. The van der Waals surface area contributed by atoms with Gasteiger partial charge in [0.25, 0.3) is 0 Å². The van der Waals surface area contributed by atoms with E-state index in [0.717, 1.165) is 24.1 Å². The molecule has 0 fully saturated rings. The lowest BCUT2D eigenvalue weighted by Gasteiger charge is -2.07. The first-order valence-electron chi connectivity index (χ1n) is 4.67. The lowest BCUT2D eigenvalue weighted by Crippen LogP contribution is -1.94. The lowest BCUT2D eigenvalue weighted by atomic mass is 10.0. The Bertz CT molecular complexity index is 281. The van der Waals surface area contributed by atoms with Crippen molar-refractivity contribution in [2.45, 2.75) is 26.7 Å². The van der Waals surface area contributed by atoms with Crippen LogP contribution in [0.15, 0.2) is 18.2 Å². The first kappa shape index (κ1) is 9.90. The Balaban J connectivity index is 2.70. The number of phenolic OH excluding ortho intramolecular Hbond substituents is 1. The molecule has 72 valence electrons. The zero-order valence-corrected chi connectivity index (χ0v) is 8.25. The van der Waals surface area contributed by atoms with Crippen LogP contribution in [0.4, 0.5) is 5.69 Å². The molecular weight excluding hydrogens is 162 g/mol. The van der Waals surface area contributed by atoms with Crippen LogP contribution in [-0.4, -0.2) is 5.11 Å². The van der Waals surface area contributed by atoms with E-state index in [1.807, 2.05) is 6.07 Å². The molecule has 0 aromatic heterocycles. The van der Waals surface area contributed by atoms with Gasteiger partial charge in [-0.2, -0.15) is 0 Å². The molecule has 0 radical (unpaired) electrons. The fourth-order valence-electron chi connectivity index (χ4n) is 1.25. The van der Waals surface area contributed by atoms with Crippen molar-refractivity contribution >= 4 is 5.69 Å². The minimum Gasteiger partial charge on any atom is -0.508 e. The topological polar surface area (TPSA) is 46.2 Å². The summed E-state index contributed by atoms with van der Waals surface area (Å²) in [6.45, 7) is 4.34. The molecule has 1 aromatic carbocycles. The molecule has 0 saturated carbocycles. The summed E-state index contributed by atoms with van der Waals surface area (Å²) in [6.07, 6.45) is 1.98. The van der Waals surface area contributed by atoms with Gasteiger partial charge in [0.2, 0.25) is 0 Å². The van der Waals surface area contributed by atoms with Gasteiger partial charge in [-0.25, -0.2) is 0 Å². The summed E-state index contributed by atoms with van der Waals surface area (Å²) >= 11 is 0. The van der Waals surface area contributed by atoms with Gasteiger partial charge < -0.3 is 10.8 Å². The molecule has 2 nitrogen and oxygen atoms in total. The molecule has 0 bridgehead atoms. The second kappa shape index (κ2) is 4.17. The van der Waals surface area contributed by atoms with Crippen LogP contribution in [-0.2, 0) is 6.42 Å². The largest absolute Gasteiger partial charge is 0.508 e. The highest BCUT2D eigenvalue weighted by atomic mass is 16.3. The van der Waals surface area contributed by atoms with Crippen LogP contribution in [0.25, 0.3) is 0 Å². The van der Waals surface area contributed by atoms with Gasteiger partial charge in [0.05, 0.1) is 0 Å². The minimum atomic E-state index is 0.356. The van der Waals surface area contributed by atoms with Crippen molar-refractivity contribution in [3.8, 4) is 5.75 Å². The Hall–Kier alpha value is -1.18. The van der Waals surface area contributed by atoms with Gasteiger partial charge in [0, 0.05) is 5.69 Å². The summed E-state index contributed by atoms with van der Waals surface area (Å²) in [6, 6.07) is 5.22. The number of aryl methyl sites for hydroxylation is 1. The second-order valence-corrected chi connectivity index (χ2v) is 3.82. The molecule has 0 aliphatic rings. The SMILES string of the molecule is CC(C)CCc1cc(N)ccc1O. The summed E-state index contributed by atoms with van der Waals surface area (Å²) in [5, 5.41) is 9.49. The second-order valence-electron chi connectivity index (χ2n) is 3.82. The van der Waals surface area contributed by atoms with Gasteiger partial charge in [0.1, 0.15) is 5.75 Å². The third-order valence-electron chi connectivity index (χ3n) is 2.09. The lowest BCUT2D eigenvalue weighted by molar-refractivity contribution is 0.463. The van der Waals surface area contributed by atoms with Crippen molar-refractivity contribution < 1.29 is 5.11 Å². The minimum absolute atomic E-state index is 0.356. The zero-order chi connectivity index (χ0) is 9.84. The molecule has 0 spiro atoms. The van der Waals surface area contributed by atoms with Crippen molar-refractivity contribution in [3.63, 3.8) is 0 Å². The predicted octanol–water partition coefficient (Wildman–Crippen LogP) is 2.56. The number of phenols is 1. The zero-order valence-electron chi connectivity index (χ0n) is 8.25. The van der Waals surface area contributed by atoms with E-state index in [9.17, 15) is 5.11 Å². The van der Waals surface area contributed by atoms with E-state index in [-0.39, 0.29) is 0 Å². The Kier molecular flexibility index (Phi) is 3.18. The van der Waals surface area contributed by atoms with Crippen molar-refractivity contribution in [3.05, 3.63) is 23.8 Å². The quantitative estimate of drug-likeness (QED) is 0.553. The molecule has 0 unspecified atom stereocenters. The van der Waals surface area contributed by atoms with E-state index in [1.165, 1.54) is 0 Å². The maximum Gasteiger partial charge on any atom is 0.118 e. The Morgan fingerprint density at radius 3 is 2.69 bits per heavy atom. The molecule has 3 N–H and O–H groups in total. The van der Waals surface area contributed by atoms with Crippen molar-refractivity contribution in [1.82, 2.24) is 0 Å². The Morgan fingerprint density at radius 2 is 2.08 bits per heavy atom. The Labute approximate surface area is 79.4 Å². The van der Waals surface area contributed by atoms with Crippen LogP contribution in [0.2, 0.25) is 0 Å². The summed E-state index contributed by atoms with van der Waals surface area (Å²) in [4.78, 5) is 0. The molecule has 0 saturated heterocycles. The van der Waals surface area contributed by atoms with Gasteiger partial charge in [-0.3, -0.25) is 0 Å². The van der Waals surface area contributed by atoms with Gasteiger partial charge >= 0.3 is 0 Å². The number of rotatable bonds is 3. The van der Waals surface area contributed by atoms with Crippen LogP contribution < -0.4 is 5.73 Å². The van der Waals surface area contributed by atoms with E-state index < -0.39 is 0 Å². The molecule has 0 amide bonds. The van der Waals surface area contributed by atoms with Crippen LogP contribution in [0.1, 0.15) is 25.8 Å². The van der Waals surface area contributed by atoms with E-state index in [1.54, 1.807) is 12.1 Å². The maximum absolute atomic E-state index is 9.49. The molecule has 1 aromatic rings. The molecule has 1 rings (SSSR count). The van der Waals surface area contributed by atoms with Crippen molar-refractivity contribution in [2.24, 2.45) is 5.92 Å². The molecule has 2 heteroatoms. The van der Waals surface area contributed by atoms with Gasteiger partial charge in [0.15, 0.2) is 0 Å². The first-order valence-corrected chi connectivity index (χ1v) is 4.67. The van der Waals surface area contributed by atoms with Crippen LogP contribution in [0.3, 0.4) is 0 Å². The van der Waals surface area contributed by atoms with E-state index in [4.69, 9.17) is 5.73 Å². The fourth-order valence-corrected chi connectivity index (χ4v) is 1.25. The molecule has 0 aliphatic heterocycles. The number of aromatic hydroxyl groups is 1. The number of nitrogen functional groups attached to an aromatic ring is 1. The number of anilines is 1. The predicted molar refractivity (Wildman–Crippen MR) is 55.7 cm³/mol. The summed E-state index contributed by atoms with van der Waals surface area (Å²) in [5.41, 5.74) is 7.29. The van der Waals surface area contributed by atoms with Crippen LogP contribution in [0, 0.1) is 5.92 Å². The number of benzene rings is 1. The molecule has 0 heterocycles. The number of hydrogen-bond donors (Lipinski definition) is 2. The van der Waals surface area contributed by atoms with E-state index in [0.29, 0.717) is 11.7 Å². The van der Waals surface area contributed by atoms with E-state index in [2.05, 4.69) is 13.8 Å². The van der Waals surface area contributed by atoms with Gasteiger partial charge in [-0.05, 0) is 42.5 Å². The summed E-state index contributed by atoms with van der Waals surface area (Å²) in [7, 11) is 0. The normalized spacial score (nSPS) is 10.7. The number of hydrogen-bond acceptors (Lipinski definition) is 2. The highest BCUT2D eigenvalue weighted by Gasteiger charge is 2.02. The molecule has 0 aliphatic carbocycles. The summed E-state index contributed by atoms with van der Waals surface area (Å²) in [5.74, 6) is 1.01. The van der Waals surface area contributed by atoms with E-state index >= 15 is 0 Å². The van der Waals surface area contributed by atoms with Gasteiger partial charge in [-0.1, -0.05) is 13.8 Å². The smallest absolute Gasteiger partial charge is 0.118 e. The Morgan fingerprint density at radius 1 is 1.38 bits per heavy atom.